The number of pyridine rings is 1. The Labute approximate surface area is 186 Å². The molecule has 1 atom stereocenters. The van der Waals surface area contributed by atoms with E-state index in [1.54, 1.807) is 12.3 Å². The molecule has 0 aliphatic carbocycles. The summed E-state index contributed by atoms with van der Waals surface area (Å²) >= 11 is 1.48. The molecule has 0 spiro atoms. The molecule has 0 saturated heterocycles. The number of hydrogen-bond donors (Lipinski definition) is 2. The highest BCUT2D eigenvalue weighted by Crippen LogP contribution is 2.31. The fourth-order valence-corrected chi connectivity index (χ4v) is 4.36. The van der Waals surface area contributed by atoms with Gasteiger partial charge in [0.25, 0.3) is 5.91 Å². The van der Waals surface area contributed by atoms with E-state index in [0.717, 1.165) is 21.8 Å². The smallest absolute Gasteiger partial charge is 0.254 e. The number of aromatic amines is 1. The third-order valence-electron chi connectivity index (χ3n) is 5.48. The molecule has 4 aromatic rings. The van der Waals surface area contributed by atoms with Gasteiger partial charge >= 0.3 is 0 Å². The lowest BCUT2D eigenvalue weighted by atomic mass is 9.90. The maximum absolute atomic E-state index is 13.0. The molecule has 4 rings (SSSR count). The van der Waals surface area contributed by atoms with Gasteiger partial charge in [0.1, 0.15) is 5.03 Å². The van der Waals surface area contributed by atoms with Crippen LogP contribution in [0.2, 0.25) is 0 Å². The van der Waals surface area contributed by atoms with E-state index >= 15 is 0 Å². The van der Waals surface area contributed by atoms with Crippen molar-refractivity contribution in [3.8, 4) is 0 Å². The third kappa shape index (κ3) is 4.44. The van der Waals surface area contributed by atoms with Crippen molar-refractivity contribution in [2.24, 2.45) is 0 Å². The molecule has 0 fully saturated rings. The zero-order valence-corrected chi connectivity index (χ0v) is 18.7. The van der Waals surface area contributed by atoms with Gasteiger partial charge in [-0.3, -0.25) is 4.79 Å². The highest BCUT2D eigenvalue weighted by atomic mass is 32.2. The molecule has 2 heterocycles. The van der Waals surface area contributed by atoms with Crippen molar-refractivity contribution in [3.63, 3.8) is 0 Å². The first kappa shape index (κ1) is 21.0. The third-order valence-corrected chi connectivity index (χ3v) is 6.20. The molecule has 0 bridgehead atoms. The van der Waals surface area contributed by atoms with E-state index in [1.807, 2.05) is 38.6 Å². The Morgan fingerprint density at radius 3 is 2.61 bits per heavy atom. The summed E-state index contributed by atoms with van der Waals surface area (Å²) < 4.78 is 0. The van der Waals surface area contributed by atoms with E-state index in [4.69, 9.17) is 0 Å². The number of para-hydroxylation sites is 1. The molecule has 158 valence electrons. The number of rotatable bonds is 7. The SMILES string of the molecule is CSc1ncccc1C(=O)NC[C@H](c1ccc(N(C)C)cc1)c1c[nH]c2ccccc12. The Morgan fingerprint density at radius 1 is 1.10 bits per heavy atom. The minimum atomic E-state index is -0.104. The molecule has 2 N–H and O–H groups in total. The van der Waals surface area contributed by atoms with Crippen LogP contribution in [0.25, 0.3) is 10.9 Å². The monoisotopic (exact) mass is 430 g/mol. The van der Waals surface area contributed by atoms with Crippen LogP contribution >= 0.6 is 11.8 Å². The van der Waals surface area contributed by atoms with Crippen LogP contribution in [0.3, 0.4) is 0 Å². The van der Waals surface area contributed by atoms with E-state index in [-0.39, 0.29) is 11.8 Å². The van der Waals surface area contributed by atoms with Crippen LogP contribution in [-0.4, -0.2) is 42.8 Å². The number of carbonyl (C=O) groups excluding carboxylic acids is 1. The number of carbonyl (C=O) groups is 1. The second-order valence-electron chi connectivity index (χ2n) is 7.60. The quantitative estimate of drug-likeness (QED) is 0.409. The number of aromatic nitrogens is 2. The number of nitrogens with one attached hydrogen (secondary N) is 2. The maximum Gasteiger partial charge on any atom is 0.254 e. The van der Waals surface area contributed by atoms with E-state index < -0.39 is 0 Å². The largest absolute Gasteiger partial charge is 0.378 e. The van der Waals surface area contributed by atoms with Crippen LogP contribution < -0.4 is 10.2 Å². The summed E-state index contributed by atoms with van der Waals surface area (Å²) in [4.78, 5) is 22.7. The standard InChI is InChI=1S/C25H26N4OS/c1-29(2)18-12-10-17(11-13-18)21(22-16-27-23-9-5-4-7-19(22)23)15-28-24(30)20-8-6-14-26-25(20)31-3/h4-14,16,21,27H,15H2,1-3H3,(H,28,30)/t21-/m1/s1. The van der Waals surface area contributed by atoms with Gasteiger partial charge in [0.05, 0.1) is 5.56 Å². The van der Waals surface area contributed by atoms with Gasteiger partial charge in [0, 0.05) is 55.5 Å². The number of H-pyrrole nitrogens is 1. The number of anilines is 1. The van der Waals surface area contributed by atoms with Crippen molar-refractivity contribution in [1.82, 2.24) is 15.3 Å². The zero-order valence-electron chi connectivity index (χ0n) is 17.9. The Kier molecular flexibility index (Phi) is 6.28. The predicted octanol–water partition coefficient (Wildman–Crippen LogP) is 4.91. The molecule has 31 heavy (non-hydrogen) atoms. The van der Waals surface area contributed by atoms with Crippen molar-refractivity contribution in [2.75, 3.05) is 31.8 Å². The molecular formula is C25H26N4OS. The van der Waals surface area contributed by atoms with Crippen molar-refractivity contribution in [1.29, 1.82) is 0 Å². The first-order valence-corrected chi connectivity index (χ1v) is 11.4. The predicted molar refractivity (Wildman–Crippen MR) is 129 cm³/mol. The lowest BCUT2D eigenvalue weighted by molar-refractivity contribution is 0.0949. The molecule has 0 aliphatic heterocycles. The Hall–Kier alpha value is -3.25. The lowest BCUT2D eigenvalue weighted by Crippen LogP contribution is -2.29. The van der Waals surface area contributed by atoms with E-state index in [9.17, 15) is 4.79 Å². The summed E-state index contributed by atoms with van der Waals surface area (Å²) in [7, 11) is 4.06. The van der Waals surface area contributed by atoms with E-state index in [2.05, 4.69) is 62.8 Å². The van der Waals surface area contributed by atoms with Gasteiger partial charge in [-0.1, -0.05) is 30.3 Å². The van der Waals surface area contributed by atoms with Crippen molar-refractivity contribution in [3.05, 3.63) is 89.7 Å². The van der Waals surface area contributed by atoms with E-state index in [1.165, 1.54) is 22.7 Å². The number of amides is 1. The van der Waals surface area contributed by atoms with Crippen LogP contribution in [-0.2, 0) is 0 Å². The molecule has 5 nitrogen and oxygen atoms in total. The van der Waals surface area contributed by atoms with Gasteiger partial charge in [-0.05, 0) is 47.7 Å². The summed E-state index contributed by atoms with van der Waals surface area (Å²) in [6, 6.07) is 20.4. The fraction of sp³-hybridized carbons (Fsp3) is 0.200. The highest BCUT2D eigenvalue weighted by Gasteiger charge is 2.20. The molecule has 6 heteroatoms. The lowest BCUT2D eigenvalue weighted by Gasteiger charge is -2.20. The molecule has 0 saturated carbocycles. The fourth-order valence-electron chi connectivity index (χ4n) is 3.81. The number of nitrogens with zero attached hydrogens (tertiary/aromatic N) is 2. The van der Waals surface area contributed by atoms with Gasteiger partial charge in [-0.25, -0.2) is 4.98 Å². The Bertz CT molecular complexity index is 1180. The average molecular weight is 431 g/mol. The molecule has 2 aromatic carbocycles. The normalized spacial score (nSPS) is 12.0. The second-order valence-corrected chi connectivity index (χ2v) is 8.39. The van der Waals surface area contributed by atoms with Crippen LogP contribution in [0.4, 0.5) is 5.69 Å². The summed E-state index contributed by atoms with van der Waals surface area (Å²) in [5, 5.41) is 5.05. The molecule has 0 unspecified atom stereocenters. The van der Waals surface area contributed by atoms with Crippen molar-refractivity contribution < 1.29 is 4.79 Å². The van der Waals surface area contributed by atoms with Crippen LogP contribution in [0.15, 0.2) is 78.1 Å². The van der Waals surface area contributed by atoms with E-state index in [0.29, 0.717) is 12.1 Å². The molecule has 1 amide bonds. The van der Waals surface area contributed by atoms with Crippen LogP contribution in [0.5, 0.6) is 0 Å². The molecule has 0 radical (unpaired) electrons. The van der Waals surface area contributed by atoms with Gasteiger partial charge in [0.15, 0.2) is 0 Å². The average Bonchev–Trinajstić information content (AvgIpc) is 3.23. The van der Waals surface area contributed by atoms with Gasteiger partial charge in [0.2, 0.25) is 0 Å². The zero-order chi connectivity index (χ0) is 21.8. The van der Waals surface area contributed by atoms with Crippen molar-refractivity contribution >= 4 is 34.3 Å². The van der Waals surface area contributed by atoms with Crippen LogP contribution in [0.1, 0.15) is 27.4 Å². The number of hydrogen-bond acceptors (Lipinski definition) is 4. The Morgan fingerprint density at radius 2 is 1.87 bits per heavy atom. The first-order valence-electron chi connectivity index (χ1n) is 10.2. The second kappa shape index (κ2) is 9.27. The minimum Gasteiger partial charge on any atom is -0.378 e. The topological polar surface area (TPSA) is 61.0 Å². The van der Waals surface area contributed by atoms with Gasteiger partial charge in [-0.2, -0.15) is 0 Å². The number of thioether (sulfide) groups is 1. The minimum absolute atomic E-state index is 0.0192. The Balaban J connectivity index is 1.66. The summed E-state index contributed by atoms with van der Waals surface area (Å²) in [6.45, 7) is 0.491. The van der Waals surface area contributed by atoms with Crippen molar-refractivity contribution in [2.45, 2.75) is 10.9 Å². The summed E-state index contributed by atoms with van der Waals surface area (Å²) in [5.74, 6) is -0.0853. The molecule has 0 aliphatic rings. The summed E-state index contributed by atoms with van der Waals surface area (Å²) in [6.07, 6.45) is 5.70. The number of fused-ring (bicyclic) bond motifs is 1. The summed E-state index contributed by atoms with van der Waals surface area (Å²) in [5.41, 5.74) is 5.17. The molecular weight excluding hydrogens is 404 g/mol. The molecule has 2 aromatic heterocycles. The van der Waals surface area contributed by atoms with Crippen LogP contribution in [0, 0.1) is 0 Å². The van der Waals surface area contributed by atoms with Gasteiger partial charge in [-0.15, -0.1) is 11.8 Å². The maximum atomic E-state index is 13.0. The first-order chi connectivity index (χ1) is 15.1. The van der Waals surface area contributed by atoms with Gasteiger partial charge < -0.3 is 15.2 Å². The number of benzene rings is 2. The highest BCUT2D eigenvalue weighted by molar-refractivity contribution is 7.98.